The zero-order valence-corrected chi connectivity index (χ0v) is 46.9. The summed E-state index contributed by atoms with van der Waals surface area (Å²) in [6, 6.07) is 0. The van der Waals surface area contributed by atoms with Crippen LogP contribution in [0.5, 0.6) is 0 Å². The normalized spacial score (nSPS) is 13.2. The van der Waals surface area contributed by atoms with Gasteiger partial charge in [0.25, 0.3) is 0 Å². The van der Waals surface area contributed by atoms with Crippen LogP contribution < -0.4 is 0 Å². The Bertz CT molecular complexity index is 1500. The fourth-order valence-electron chi connectivity index (χ4n) is 7.79. The molecule has 0 heterocycles. The lowest BCUT2D eigenvalue weighted by Crippen LogP contribution is -2.30. The molecule has 1 atom stereocenters. The van der Waals surface area contributed by atoms with E-state index in [0.717, 1.165) is 128 Å². The molecule has 1 unspecified atom stereocenters. The molecule has 0 saturated heterocycles. The van der Waals surface area contributed by atoms with Crippen LogP contribution in [-0.4, -0.2) is 37.9 Å². The molecule has 0 radical (unpaired) electrons. The Morgan fingerprint density at radius 1 is 0.319 bits per heavy atom. The summed E-state index contributed by atoms with van der Waals surface area (Å²) in [5.41, 5.74) is 0. The molecule has 0 aromatic heterocycles. The Morgan fingerprint density at radius 3 is 1.01 bits per heavy atom. The van der Waals surface area contributed by atoms with Crippen LogP contribution in [0.15, 0.2) is 134 Å². The third-order valence-electron chi connectivity index (χ3n) is 12.2. The van der Waals surface area contributed by atoms with Gasteiger partial charge in [-0.3, -0.25) is 9.59 Å². The Labute approximate surface area is 445 Å². The number of carbonyl (C=O) groups is 2. The summed E-state index contributed by atoms with van der Waals surface area (Å²) in [6.07, 6.45) is 87.6. The monoisotopic (exact) mass is 995 g/mol. The molecule has 0 rings (SSSR count). The van der Waals surface area contributed by atoms with E-state index in [2.05, 4.69) is 154 Å². The van der Waals surface area contributed by atoms with Crippen LogP contribution in [0.4, 0.5) is 0 Å². The molecule has 0 aromatic carbocycles. The fourth-order valence-corrected chi connectivity index (χ4v) is 7.79. The smallest absolute Gasteiger partial charge is 0.306 e. The standard InChI is InChI=1S/C67H110O5/c1-4-7-10-13-16-19-22-25-28-31-34-36-39-42-45-48-51-54-57-60-66(68)71-64-65(63-70-62-59-56-53-50-47-44-41-38-33-30-27-24-21-18-15-12-9-6-3)72-67(69)61-58-55-52-49-46-43-40-37-35-32-29-26-23-20-17-14-11-8-5-2/h7-8,10-11,16-17,19-20,25-30,34-37,42-43,45-46,65H,4-6,9,12-15,18,21-24,31-33,38-41,44,47-64H2,1-3H3/b10-7-,11-8-,19-16-,20-17-,28-25-,29-26-,30-27-,36-34-,37-35-,45-42-,46-43-. The number of hydrogen-bond donors (Lipinski definition) is 0. The predicted octanol–water partition coefficient (Wildman–Crippen LogP) is 20.7. The van der Waals surface area contributed by atoms with E-state index in [1.165, 1.54) is 89.9 Å². The number of carbonyl (C=O) groups excluding carboxylic acids is 2. The number of esters is 2. The Morgan fingerprint density at radius 2 is 0.625 bits per heavy atom. The van der Waals surface area contributed by atoms with Crippen LogP contribution in [0.3, 0.4) is 0 Å². The third-order valence-corrected chi connectivity index (χ3v) is 12.2. The molecule has 0 aromatic rings. The zero-order chi connectivity index (χ0) is 52.0. The molecule has 5 nitrogen and oxygen atoms in total. The highest BCUT2D eigenvalue weighted by molar-refractivity contribution is 5.70. The predicted molar refractivity (Wildman–Crippen MR) is 315 cm³/mol. The lowest BCUT2D eigenvalue weighted by atomic mass is 10.1. The molecule has 408 valence electrons. The molecule has 0 saturated carbocycles. The average Bonchev–Trinajstić information content (AvgIpc) is 3.38. The minimum atomic E-state index is -0.580. The number of rotatable bonds is 53. The highest BCUT2D eigenvalue weighted by atomic mass is 16.6. The molecule has 0 spiro atoms. The molecule has 0 N–H and O–H groups in total. The highest BCUT2D eigenvalue weighted by Crippen LogP contribution is 2.13. The number of hydrogen-bond acceptors (Lipinski definition) is 5. The second-order valence-electron chi connectivity index (χ2n) is 19.1. The maximum Gasteiger partial charge on any atom is 0.306 e. The SMILES string of the molecule is CC/C=C\C/C=C\C/C=C\C/C=C\C/C=C\CCCCCC(=O)OCC(COCCCCCCCCCC/C=C\CCCCCCCC)OC(=O)CCCCC/C=C\C/C=C\C/C=C\C/C=C\C/C=C\CC. The van der Waals surface area contributed by atoms with Gasteiger partial charge < -0.3 is 14.2 Å². The topological polar surface area (TPSA) is 61.8 Å². The molecule has 0 bridgehead atoms. The van der Waals surface area contributed by atoms with Crippen molar-refractivity contribution in [1.82, 2.24) is 0 Å². The van der Waals surface area contributed by atoms with Gasteiger partial charge in [-0.15, -0.1) is 0 Å². The van der Waals surface area contributed by atoms with E-state index in [-0.39, 0.29) is 25.2 Å². The van der Waals surface area contributed by atoms with Crippen molar-refractivity contribution < 1.29 is 23.8 Å². The van der Waals surface area contributed by atoms with Crippen molar-refractivity contribution in [3.63, 3.8) is 0 Å². The summed E-state index contributed by atoms with van der Waals surface area (Å²) in [5.74, 6) is -0.477. The molecular formula is C67H110O5. The Kier molecular flexibility index (Phi) is 58.0. The maximum absolute atomic E-state index is 12.9. The van der Waals surface area contributed by atoms with E-state index < -0.39 is 6.10 Å². The molecule has 0 aliphatic carbocycles. The van der Waals surface area contributed by atoms with Gasteiger partial charge in [-0.2, -0.15) is 0 Å². The van der Waals surface area contributed by atoms with E-state index in [0.29, 0.717) is 19.4 Å². The van der Waals surface area contributed by atoms with Gasteiger partial charge in [-0.1, -0.05) is 238 Å². The quantitative estimate of drug-likeness (QED) is 0.0345. The lowest BCUT2D eigenvalue weighted by Gasteiger charge is -2.18. The van der Waals surface area contributed by atoms with E-state index in [1.807, 2.05) is 0 Å². The van der Waals surface area contributed by atoms with Crippen LogP contribution in [0, 0.1) is 0 Å². The summed E-state index contributed by atoms with van der Waals surface area (Å²) >= 11 is 0. The second-order valence-corrected chi connectivity index (χ2v) is 19.1. The van der Waals surface area contributed by atoms with Crippen molar-refractivity contribution in [2.75, 3.05) is 19.8 Å². The Hall–Kier alpha value is -3.96. The molecule has 72 heavy (non-hydrogen) atoms. The second kappa shape index (κ2) is 61.3. The molecular weight excluding hydrogens is 885 g/mol. The zero-order valence-electron chi connectivity index (χ0n) is 46.9. The van der Waals surface area contributed by atoms with Crippen molar-refractivity contribution in [1.29, 1.82) is 0 Å². The summed E-state index contributed by atoms with van der Waals surface area (Å²) < 4.78 is 17.4. The van der Waals surface area contributed by atoms with Gasteiger partial charge in [-0.25, -0.2) is 0 Å². The van der Waals surface area contributed by atoms with Crippen LogP contribution in [-0.2, 0) is 23.8 Å². The maximum atomic E-state index is 12.9. The Balaban J connectivity index is 4.44. The van der Waals surface area contributed by atoms with E-state index in [4.69, 9.17) is 14.2 Å². The third kappa shape index (κ3) is 58.6. The number of ether oxygens (including phenoxy) is 3. The lowest BCUT2D eigenvalue weighted by molar-refractivity contribution is -0.163. The summed E-state index contributed by atoms with van der Waals surface area (Å²) in [4.78, 5) is 25.6. The van der Waals surface area contributed by atoms with Gasteiger partial charge >= 0.3 is 11.9 Å². The summed E-state index contributed by atoms with van der Waals surface area (Å²) in [7, 11) is 0. The van der Waals surface area contributed by atoms with Gasteiger partial charge in [0.1, 0.15) is 6.61 Å². The van der Waals surface area contributed by atoms with Crippen LogP contribution in [0.1, 0.15) is 252 Å². The van der Waals surface area contributed by atoms with Gasteiger partial charge in [0.2, 0.25) is 0 Å². The first-order valence-corrected chi connectivity index (χ1v) is 29.7. The van der Waals surface area contributed by atoms with E-state index >= 15 is 0 Å². The largest absolute Gasteiger partial charge is 0.462 e. The molecule has 0 amide bonds. The van der Waals surface area contributed by atoms with Gasteiger partial charge in [-0.05, 0) is 135 Å². The fraction of sp³-hybridized carbons (Fsp3) is 0.642. The summed E-state index contributed by atoms with van der Waals surface area (Å²) in [6.45, 7) is 7.52. The van der Waals surface area contributed by atoms with Crippen molar-refractivity contribution >= 4 is 11.9 Å². The minimum Gasteiger partial charge on any atom is -0.462 e. The average molecular weight is 996 g/mol. The highest BCUT2D eigenvalue weighted by Gasteiger charge is 2.17. The molecule has 0 fully saturated rings. The van der Waals surface area contributed by atoms with Crippen molar-refractivity contribution in [3.8, 4) is 0 Å². The van der Waals surface area contributed by atoms with Crippen molar-refractivity contribution in [2.45, 2.75) is 258 Å². The van der Waals surface area contributed by atoms with Gasteiger partial charge in [0.05, 0.1) is 6.61 Å². The first-order chi connectivity index (χ1) is 35.6. The van der Waals surface area contributed by atoms with E-state index in [1.54, 1.807) is 0 Å². The first-order valence-electron chi connectivity index (χ1n) is 29.7. The van der Waals surface area contributed by atoms with Crippen molar-refractivity contribution in [2.24, 2.45) is 0 Å². The summed E-state index contributed by atoms with van der Waals surface area (Å²) in [5, 5.41) is 0. The molecule has 0 aliphatic heterocycles. The van der Waals surface area contributed by atoms with Crippen molar-refractivity contribution in [3.05, 3.63) is 134 Å². The van der Waals surface area contributed by atoms with Crippen LogP contribution >= 0.6 is 0 Å². The number of unbranched alkanes of at least 4 members (excludes halogenated alkanes) is 20. The molecule has 0 aliphatic rings. The minimum absolute atomic E-state index is 0.0452. The first kappa shape index (κ1) is 68.0. The van der Waals surface area contributed by atoms with Gasteiger partial charge in [0, 0.05) is 19.4 Å². The van der Waals surface area contributed by atoms with E-state index in [9.17, 15) is 9.59 Å². The van der Waals surface area contributed by atoms with Gasteiger partial charge in [0.15, 0.2) is 6.10 Å². The van der Waals surface area contributed by atoms with Crippen LogP contribution in [0.2, 0.25) is 0 Å². The molecule has 5 heteroatoms. The van der Waals surface area contributed by atoms with Crippen LogP contribution in [0.25, 0.3) is 0 Å². The number of allylic oxidation sites excluding steroid dienone is 22.